The predicted octanol–water partition coefficient (Wildman–Crippen LogP) is 5.89. The molecule has 1 unspecified atom stereocenters. The van der Waals surface area contributed by atoms with Gasteiger partial charge in [-0.05, 0) is 29.7 Å². The van der Waals surface area contributed by atoms with E-state index in [1.165, 1.54) is 0 Å². The molecular weight excluding hydrogens is 377 g/mol. The molecule has 0 aliphatic rings. The number of rotatable bonds is 5. The van der Waals surface area contributed by atoms with Crippen LogP contribution in [0.5, 0.6) is 0 Å². The minimum atomic E-state index is -4.25. The van der Waals surface area contributed by atoms with Crippen molar-refractivity contribution in [2.75, 3.05) is 0 Å². The highest BCUT2D eigenvalue weighted by Gasteiger charge is 2.30. The first kappa shape index (κ1) is 19.1. The van der Waals surface area contributed by atoms with Crippen LogP contribution in [0, 0.1) is 0 Å². The van der Waals surface area contributed by atoms with Gasteiger partial charge in [-0.1, -0.05) is 54.6 Å². The Balaban J connectivity index is 1.96. The molecule has 3 aromatic carbocycles. The fraction of sp³-hybridized carbons (Fsp3) is 0.174. The monoisotopic (exact) mass is 396 g/mol. The Bertz CT molecular complexity index is 1180. The topological polar surface area (TPSA) is 58.9 Å². The molecule has 29 heavy (non-hydrogen) atoms. The highest BCUT2D eigenvalue weighted by Crippen LogP contribution is 2.39. The maximum atomic E-state index is 13.0. The molecule has 6 heteroatoms. The fourth-order valence-electron chi connectivity index (χ4n) is 3.97. The summed E-state index contributed by atoms with van der Waals surface area (Å²) in [7, 11) is 0. The van der Waals surface area contributed by atoms with E-state index in [2.05, 4.69) is 4.98 Å². The van der Waals surface area contributed by atoms with Crippen LogP contribution >= 0.6 is 0 Å². The third-order valence-electron chi connectivity index (χ3n) is 5.25. The van der Waals surface area contributed by atoms with E-state index >= 15 is 0 Å². The number of alkyl halides is 3. The van der Waals surface area contributed by atoms with Crippen molar-refractivity contribution in [2.45, 2.75) is 24.9 Å². The Morgan fingerprint density at radius 3 is 2.34 bits per heavy atom. The van der Waals surface area contributed by atoms with Crippen molar-refractivity contribution in [3.8, 4) is 0 Å². The molecule has 0 saturated carbocycles. The molecule has 0 radical (unpaired) electrons. The number of nitrogens with one attached hydrogen (secondary N) is 1. The minimum Gasteiger partial charge on any atom is -0.366 e. The second-order valence-electron chi connectivity index (χ2n) is 7.10. The summed E-state index contributed by atoms with van der Waals surface area (Å²) in [4.78, 5) is 15.3. The van der Waals surface area contributed by atoms with Gasteiger partial charge in [-0.25, -0.2) is 0 Å². The molecule has 3 N–H and O–H groups in total. The molecule has 0 aliphatic carbocycles. The summed E-state index contributed by atoms with van der Waals surface area (Å²) < 4.78 is 39.1. The third-order valence-corrected chi connectivity index (χ3v) is 5.25. The number of carbonyl (C=O) groups excluding carboxylic acids is 1. The fourth-order valence-corrected chi connectivity index (χ4v) is 3.97. The normalized spacial score (nSPS) is 13.1. The van der Waals surface area contributed by atoms with E-state index < -0.39 is 24.4 Å². The van der Waals surface area contributed by atoms with Crippen molar-refractivity contribution in [1.82, 2.24) is 4.98 Å². The molecule has 1 aromatic heterocycles. The van der Waals surface area contributed by atoms with Crippen molar-refractivity contribution < 1.29 is 18.0 Å². The highest BCUT2D eigenvalue weighted by molar-refractivity contribution is 6.18. The molecular formula is C23H19F3N2O. The van der Waals surface area contributed by atoms with Gasteiger partial charge in [0.2, 0.25) is 5.91 Å². The van der Waals surface area contributed by atoms with Crippen LogP contribution in [0.4, 0.5) is 13.2 Å². The SMILES string of the molecule is NC(=O)c1ccc(C(CCC(F)(F)F)c2ccccc2)c2[nH]c3ccccc3c12. The lowest BCUT2D eigenvalue weighted by molar-refractivity contribution is -0.135. The van der Waals surface area contributed by atoms with Crippen LogP contribution in [0.1, 0.15) is 40.2 Å². The first-order chi connectivity index (χ1) is 13.8. The maximum absolute atomic E-state index is 13.0. The number of H-pyrrole nitrogens is 1. The molecule has 0 spiro atoms. The van der Waals surface area contributed by atoms with Gasteiger partial charge in [0.25, 0.3) is 0 Å². The van der Waals surface area contributed by atoms with E-state index in [1.54, 1.807) is 12.1 Å². The molecule has 4 rings (SSSR count). The van der Waals surface area contributed by atoms with E-state index in [4.69, 9.17) is 5.73 Å². The summed E-state index contributed by atoms with van der Waals surface area (Å²) >= 11 is 0. The standard InChI is InChI=1S/C23H19F3N2O/c24-23(25,26)13-12-15(14-6-2-1-3-7-14)16-10-11-18(22(27)29)20-17-8-4-5-9-19(17)28-21(16)20/h1-11,15,28H,12-13H2,(H2,27,29). The first-order valence-electron chi connectivity index (χ1n) is 9.30. The minimum absolute atomic E-state index is 0.0894. The number of hydrogen-bond donors (Lipinski definition) is 2. The van der Waals surface area contributed by atoms with Crippen LogP contribution in [-0.4, -0.2) is 17.1 Å². The summed E-state index contributed by atoms with van der Waals surface area (Å²) in [6.07, 6.45) is -5.24. The Kier molecular flexibility index (Phi) is 4.78. The molecule has 0 saturated heterocycles. The average molecular weight is 396 g/mol. The van der Waals surface area contributed by atoms with Gasteiger partial charge >= 0.3 is 6.18 Å². The van der Waals surface area contributed by atoms with Crippen LogP contribution < -0.4 is 5.73 Å². The third kappa shape index (κ3) is 3.70. The van der Waals surface area contributed by atoms with Gasteiger partial charge in [0, 0.05) is 34.2 Å². The molecule has 1 amide bonds. The number of benzene rings is 3. The largest absolute Gasteiger partial charge is 0.389 e. The summed E-state index contributed by atoms with van der Waals surface area (Å²) in [6.45, 7) is 0. The van der Waals surface area contributed by atoms with E-state index in [1.807, 2.05) is 54.6 Å². The van der Waals surface area contributed by atoms with Crippen molar-refractivity contribution >= 4 is 27.7 Å². The van der Waals surface area contributed by atoms with Crippen LogP contribution in [0.2, 0.25) is 0 Å². The van der Waals surface area contributed by atoms with Crippen LogP contribution in [0.25, 0.3) is 21.8 Å². The number of halogens is 3. The number of nitrogens with two attached hydrogens (primary N) is 1. The van der Waals surface area contributed by atoms with Gasteiger partial charge in [0.05, 0.1) is 5.52 Å². The second kappa shape index (κ2) is 7.28. The van der Waals surface area contributed by atoms with E-state index in [9.17, 15) is 18.0 Å². The van der Waals surface area contributed by atoms with Crippen LogP contribution in [0.3, 0.4) is 0 Å². The smallest absolute Gasteiger partial charge is 0.366 e. The average Bonchev–Trinajstić information content (AvgIpc) is 3.08. The number of amides is 1. The molecule has 1 atom stereocenters. The predicted molar refractivity (Wildman–Crippen MR) is 108 cm³/mol. The number of fused-ring (bicyclic) bond motifs is 3. The van der Waals surface area contributed by atoms with Crippen molar-refractivity contribution in [2.24, 2.45) is 5.73 Å². The first-order valence-corrected chi connectivity index (χ1v) is 9.30. The van der Waals surface area contributed by atoms with Crippen molar-refractivity contribution in [1.29, 1.82) is 0 Å². The molecule has 0 aliphatic heterocycles. The molecule has 0 bridgehead atoms. The second-order valence-corrected chi connectivity index (χ2v) is 7.10. The van der Waals surface area contributed by atoms with Gasteiger partial charge in [-0.2, -0.15) is 13.2 Å². The number of aromatic nitrogens is 1. The van der Waals surface area contributed by atoms with E-state index in [0.717, 1.165) is 22.0 Å². The number of hydrogen-bond acceptors (Lipinski definition) is 1. The number of primary amides is 1. The molecule has 0 fully saturated rings. The number of aromatic amines is 1. The van der Waals surface area contributed by atoms with Gasteiger partial charge in [0.1, 0.15) is 0 Å². The lowest BCUT2D eigenvalue weighted by atomic mass is 9.85. The van der Waals surface area contributed by atoms with Gasteiger partial charge in [-0.3, -0.25) is 4.79 Å². The molecule has 148 valence electrons. The van der Waals surface area contributed by atoms with Crippen LogP contribution in [0.15, 0.2) is 66.7 Å². The Labute approximate surface area is 165 Å². The van der Waals surface area contributed by atoms with E-state index in [0.29, 0.717) is 16.5 Å². The Hall–Kier alpha value is -3.28. The van der Waals surface area contributed by atoms with Gasteiger partial charge < -0.3 is 10.7 Å². The van der Waals surface area contributed by atoms with Crippen LogP contribution in [-0.2, 0) is 0 Å². The zero-order valence-corrected chi connectivity index (χ0v) is 15.5. The van der Waals surface area contributed by atoms with Gasteiger partial charge in [-0.15, -0.1) is 0 Å². The van der Waals surface area contributed by atoms with E-state index in [-0.39, 0.29) is 6.42 Å². The quantitative estimate of drug-likeness (QED) is 0.434. The maximum Gasteiger partial charge on any atom is 0.389 e. The zero-order valence-electron chi connectivity index (χ0n) is 15.5. The summed E-state index contributed by atoms with van der Waals surface area (Å²) in [5, 5.41) is 1.47. The zero-order chi connectivity index (χ0) is 20.6. The summed E-state index contributed by atoms with van der Waals surface area (Å²) in [5.41, 5.74) is 8.90. The highest BCUT2D eigenvalue weighted by atomic mass is 19.4. The Morgan fingerprint density at radius 2 is 1.66 bits per heavy atom. The van der Waals surface area contributed by atoms with Crippen molar-refractivity contribution in [3.05, 3.63) is 83.4 Å². The number of carbonyl (C=O) groups is 1. The summed E-state index contributed by atoms with van der Waals surface area (Å²) in [5.74, 6) is -1.05. The molecule has 1 heterocycles. The van der Waals surface area contributed by atoms with Crippen molar-refractivity contribution in [3.63, 3.8) is 0 Å². The lowest BCUT2D eigenvalue weighted by Crippen LogP contribution is -2.13. The molecule has 3 nitrogen and oxygen atoms in total. The van der Waals surface area contributed by atoms with Gasteiger partial charge in [0.15, 0.2) is 0 Å². The number of para-hydroxylation sites is 1. The lowest BCUT2D eigenvalue weighted by Gasteiger charge is -2.20. The molecule has 4 aromatic rings. The summed E-state index contributed by atoms with van der Waals surface area (Å²) in [6, 6.07) is 19.9. The Morgan fingerprint density at radius 1 is 0.966 bits per heavy atom.